The molecule has 0 saturated heterocycles. The molecule has 0 bridgehead atoms. The third-order valence-corrected chi connectivity index (χ3v) is 2.68. The Labute approximate surface area is 111 Å². The largest absolute Gasteiger partial charge is 0.354 e. The van der Waals surface area contributed by atoms with Gasteiger partial charge >= 0.3 is 0 Å². The highest BCUT2D eigenvalue weighted by Gasteiger charge is 2.04. The van der Waals surface area contributed by atoms with Crippen LogP contribution < -0.4 is 11.1 Å². The van der Waals surface area contributed by atoms with Crippen molar-refractivity contribution in [3.63, 3.8) is 0 Å². The van der Waals surface area contributed by atoms with Crippen LogP contribution >= 0.6 is 0 Å². The van der Waals surface area contributed by atoms with Crippen LogP contribution in [0.4, 0.5) is 0 Å². The molecule has 0 aliphatic heterocycles. The van der Waals surface area contributed by atoms with Gasteiger partial charge in [-0.05, 0) is 12.0 Å². The first-order valence-electron chi connectivity index (χ1n) is 6.17. The van der Waals surface area contributed by atoms with Crippen molar-refractivity contribution in [3.8, 4) is 0 Å². The van der Waals surface area contributed by atoms with E-state index in [9.17, 15) is 4.79 Å². The molecule has 0 unspecified atom stereocenters. The summed E-state index contributed by atoms with van der Waals surface area (Å²) in [4.78, 5) is 11.7. The maximum Gasteiger partial charge on any atom is 0.241 e. The Morgan fingerprint density at radius 3 is 2.79 bits per heavy atom. The molecule has 0 radical (unpaired) electrons. The fourth-order valence-electron chi connectivity index (χ4n) is 1.70. The summed E-state index contributed by atoms with van der Waals surface area (Å²) in [6.07, 6.45) is 2.49. The first-order chi connectivity index (χ1) is 9.28. The molecule has 1 heterocycles. The van der Waals surface area contributed by atoms with E-state index in [1.165, 1.54) is 10.2 Å². The van der Waals surface area contributed by atoms with Gasteiger partial charge in [0, 0.05) is 13.1 Å². The number of amides is 1. The van der Waals surface area contributed by atoms with E-state index in [0.29, 0.717) is 18.8 Å². The normalized spacial score (nSPS) is 10.4. The number of rotatable bonds is 6. The molecule has 2 aromatic rings. The zero-order chi connectivity index (χ0) is 13.5. The first kappa shape index (κ1) is 13.2. The standard InChI is InChI=1S/C13H17N5O/c14-8-12-9-18(17-16-12)10-13(19)15-7-6-11-4-2-1-3-5-11/h1-5,9H,6-8,10,14H2,(H,15,19). The molecule has 0 spiro atoms. The topological polar surface area (TPSA) is 85.8 Å². The number of hydrogen-bond donors (Lipinski definition) is 2. The lowest BCUT2D eigenvalue weighted by Crippen LogP contribution is -2.29. The highest BCUT2D eigenvalue weighted by atomic mass is 16.2. The summed E-state index contributed by atoms with van der Waals surface area (Å²) in [5.41, 5.74) is 7.30. The van der Waals surface area contributed by atoms with Crippen LogP contribution in [-0.4, -0.2) is 27.4 Å². The Hall–Kier alpha value is -2.21. The second-order valence-electron chi connectivity index (χ2n) is 4.20. The maximum atomic E-state index is 11.7. The fraction of sp³-hybridized carbons (Fsp3) is 0.308. The second-order valence-corrected chi connectivity index (χ2v) is 4.20. The summed E-state index contributed by atoms with van der Waals surface area (Å²) in [6.45, 7) is 1.11. The molecule has 0 aliphatic rings. The van der Waals surface area contributed by atoms with E-state index in [1.54, 1.807) is 6.20 Å². The highest BCUT2D eigenvalue weighted by Crippen LogP contribution is 1.98. The minimum atomic E-state index is -0.0793. The average molecular weight is 259 g/mol. The number of hydrogen-bond acceptors (Lipinski definition) is 4. The summed E-state index contributed by atoms with van der Waals surface area (Å²) in [5.74, 6) is -0.0793. The predicted octanol–water partition coefficient (Wildman–Crippen LogP) is 0.0957. The second kappa shape index (κ2) is 6.65. The van der Waals surface area contributed by atoms with Crippen LogP contribution in [0.25, 0.3) is 0 Å². The number of benzene rings is 1. The lowest BCUT2D eigenvalue weighted by atomic mass is 10.1. The SMILES string of the molecule is NCc1cn(CC(=O)NCCc2ccccc2)nn1. The monoisotopic (exact) mass is 259 g/mol. The van der Waals surface area contributed by atoms with Crippen molar-refractivity contribution >= 4 is 5.91 Å². The van der Waals surface area contributed by atoms with Gasteiger partial charge in [-0.1, -0.05) is 35.5 Å². The molecule has 0 atom stereocenters. The summed E-state index contributed by atoms with van der Waals surface area (Å²) in [7, 11) is 0. The van der Waals surface area contributed by atoms with E-state index in [-0.39, 0.29) is 12.5 Å². The zero-order valence-corrected chi connectivity index (χ0v) is 10.6. The number of aromatic nitrogens is 3. The molecule has 1 aromatic heterocycles. The van der Waals surface area contributed by atoms with Crippen molar-refractivity contribution in [1.82, 2.24) is 20.3 Å². The minimum absolute atomic E-state index is 0.0793. The number of nitrogens with one attached hydrogen (secondary N) is 1. The van der Waals surface area contributed by atoms with Crippen LogP contribution in [0.1, 0.15) is 11.3 Å². The quantitative estimate of drug-likeness (QED) is 0.770. The summed E-state index contributed by atoms with van der Waals surface area (Å²) >= 11 is 0. The van der Waals surface area contributed by atoms with Crippen LogP contribution in [0, 0.1) is 0 Å². The highest BCUT2D eigenvalue weighted by molar-refractivity contribution is 5.75. The molecule has 6 nitrogen and oxygen atoms in total. The summed E-state index contributed by atoms with van der Waals surface area (Å²) in [5, 5.41) is 10.5. The minimum Gasteiger partial charge on any atom is -0.354 e. The Morgan fingerprint density at radius 2 is 2.11 bits per heavy atom. The Balaban J connectivity index is 1.73. The van der Waals surface area contributed by atoms with Gasteiger partial charge in [0.1, 0.15) is 6.54 Å². The van der Waals surface area contributed by atoms with E-state index >= 15 is 0 Å². The van der Waals surface area contributed by atoms with E-state index in [0.717, 1.165) is 6.42 Å². The number of carbonyl (C=O) groups excluding carboxylic acids is 1. The van der Waals surface area contributed by atoms with Gasteiger partial charge in [0.2, 0.25) is 5.91 Å². The summed E-state index contributed by atoms with van der Waals surface area (Å²) < 4.78 is 1.49. The van der Waals surface area contributed by atoms with Crippen LogP contribution in [0.5, 0.6) is 0 Å². The van der Waals surface area contributed by atoms with Crippen molar-refractivity contribution in [2.45, 2.75) is 19.5 Å². The summed E-state index contributed by atoms with van der Waals surface area (Å²) in [6, 6.07) is 10.0. The van der Waals surface area contributed by atoms with Gasteiger partial charge in [0.15, 0.2) is 0 Å². The van der Waals surface area contributed by atoms with Crippen molar-refractivity contribution in [3.05, 3.63) is 47.8 Å². The van der Waals surface area contributed by atoms with Crippen molar-refractivity contribution in [1.29, 1.82) is 0 Å². The molecule has 1 aromatic carbocycles. The van der Waals surface area contributed by atoms with Gasteiger partial charge in [-0.15, -0.1) is 5.10 Å². The average Bonchev–Trinajstić information content (AvgIpc) is 2.87. The van der Waals surface area contributed by atoms with Crippen LogP contribution in [0.3, 0.4) is 0 Å². The van der Waals surface area contributed by atoms with Crippen molar-refractivity contribution in [2.24, 2.45) is 5.73 Å². The number of carbonyl (C=O) groups is 1. The molecule has 1 amide bonds. The molecule has 100 valence electrons. The lowest BCUT2D eigenvalue weighted by Gasteiger charge is -2.05. The molecule has 0 aliphatic carbocycles. The van der Waals surface area contributed by atoms with Crippen molar-refractivity contribution < 1.29 is 4.79 Å². The number of nitrogens with two attached hydrogens (primary N) is 1. The van der Waals surface area contributed by atoms with E-state index in [2.05, 4.69) is 15.6 Å². The third-order valence-electron chi connectivity index (χ3n) is 2.68. The maximum absolute atomic E-state index is 11.7. The van der Waals surface area contributed by atoms with Gasteiger partial charge in [-0.25, -0.2) is 4.68 Å². The molecular formula is C13H17N5O. The molecule has 3 N–H and O–H groups in total. The fourth-order valence-corrected chi connectivity index (χ4v) is 1.70. The Morgan fingerprint density at radius 1 is 1.32 bits per heavy atom. The van der Waals surface area contributed by atoms with E-state index in [1.807, 2.05) is 30.3 Å². The van der Waals surface area contributed by atoms with Gasteiger partial charge in [0.25, 0.3) is 0 Å². The molecule has 2 rings (SSSR count). The number of nitrogens with zero attached hydrogens (tertiary/aromatic N) is 3. The predicted molar refractivity (Wildman–Crippen MR) is 71.1 cm³/mol. The molecule has 0 saturated carbocycles. The van der Waals surface area contributed by atoms with Crippen LogP contribution in [-0.2, 0) is 24.3 Å². The zero-order valence-electron chi connectivity index (χ0n) is 10.6. The first-order valence-corrected chi connectivity index (χ1v) is 6.17. The van der Waals surface area contributed by atoms with E-state index < -0.39 is 0 Å². The van der Waals surface area contributed by atoms with Gasteiger partial charge in [-0.2, -0.15) is 0 Å². The molecule has 6 heteroatoms. The van der Waals surface area contributed by atoms with Crippen molar-refractivity contribution in [2.75, 3.05) is 6.54 Å². The van der Waals surface area contributed by atoms with Crippen LogP contribution in [0.15, 0.2) is 36.5 Å². The van der Waals surface area contributed by atoms with Gasteiger partial charge in [0.05, 0.1) is 11.9 Å². The van der Waals surface area contributed by atoms with Gasteiger partial charge < -0.3 is 11.1 Å². The Bertz CT molecular complexity index is 523. The molecular weight excluding hydrogens is 242 g/mol. The Kier molecular flexibility index (Phi) is 4.63. The molecule has 19 heavy (non-hydrogen) atoms. The lowest BCUT2D eigenvalue weighted by molar-refractivity contribution is -0.121. The molecule has 0 fully saturated rings. The van der Waals surface area contributed by atoms with Gasteiger partial charge in [-0.3, -0.25) is 4.79 Å². The third kappa shape index (κ3) is 4.18. The van der Waals surface area contributed by atoms with Crippen LogP contribution in [0.2, 0.25) is 0 Å². The smallest absolute Gasteiger partial charge is 0.241 e. The van der Waals surface area contributed by atoms with E-state index in [4.69, 9.17) is 5.73 Å².